The second-order valence-electron chi connectivity index (χ2n) is 4.94. The van der Waals surface area contributed by atoms with Crippen LogP contribution in [-0.4, -0.2) is 5.91 Å². The molecule has 0 atom stereocenters. The van der Waals surface area contributed by atoms with Crippen LogP contribution in [0.2, 0.25) is 0 Å². The second kappa shape index (κ2) is 6.20. The molecule has 1 saturated carbocycles. The summed E-state index contributed by atoms with van der Waals surface area (Å²) in [6.07, 6.45) is 5.57. The van der Waals surface area contributed by atoms with E-state index in [0.717, 1.165) is 5.56 Å². The molecule has 1 amide bonds. The Morgan fingerprint density at radius 1 is 1.39 bits per heavy atom. The van der Waals surface area contributed by atoms with Gasteiger partial charge in [-0.15, -0.1) is 0 Å². The minimum atomic E-state index is 0.129. The van der Waals surface area contributed by atoms with E-state index in [-0.39, 0.29) is 5.91 Å². The molecule has 0 aliphatic heterocycles. The summed E-state index contributed by atoms with van der Waals surface area (Å²) in [6.45, 7) is 0.515. The highest BCUT2D eigenvalue weighted by atomic mass is 16.1. The molecular weight excluding hydrogens is 224 g/mol. The van der Waals surface area contributed by atoms with Crippen molar-refractivity contribution in [3.8, 4) is 6.07 Å². The van der Waals surface area contributed by atoms with Gasteiger partial charge in [-0.3, -0.25) is 4.79 Å². The molecule has 1 aliphatic carbocycles. The fourth-order valence-corrected chi connectivity index (χ4v) is 2.50. The first kappa shape index (κ1) is 12.6. The van der Waals surface area contributed by atoms with E-state index in [2.05, 4.69) is 11.4 Å². The Morgan fingerprint density at radius 3 is 2.89 bits per heavy atom. The topological polar surface area (TPSA) is 52.9 Å². The van der Waals surface area contributed by atoms with Gasteiger partial charge < -0.3 is 5.32 Å². The number of amides is 1. The molecule has 0 bridgehead atoms. The zero-order valence-corrected chi connectivity index (χ0v) is 10.5. The SMILES string of the molecule is N#Cc1cccc(CNC(=O)CC2CCCC2)c1. The third kappa shape index (κ3) is 3.59. The predicted molar refractivity (Wildman–Crippen MR) is 69.6 cm³/mol. The van der Waals surface area contributed by atoms with E-state index >= 15 is 0 Å². The van der Waals surface area contributed by atoms with Gasteiger partial charge in [0.25, 0.3) is 0 Å². The normalized spacial score (nSPS) is 15.3. The fraction of sp³-hybridized carbons (Fsp3) is 0.467. The maximum atomic E-state index is 11.8. The first-order valence-electron chi connectivity index (χ1n) is 6.53. The maximum absolute atomic E-state index is 11.8. The molecule has 0 saturated heterocycles. The lowest BCUT2D eigenvalue weighted by Gasteiger charge is -2.09. The van der Waals surface area contributed by atoms with Crippen LogP contribution >= 0.6 is 0 Å². The van der Waals surface area contributed by atoms with Gasteiger partial charge in [-0.2, -0.15) is 5.26 Å². The van der Waals surface area contributed by atoms with Crippen LogP contribution in [0.25, 0.3) is 0 Å². The molecule has 0 radical (unpaired) electrons. The Hall–Kier alpha value is -1.82. The molecule has 0 aromatic heterocycles. The van der Waals surface area contributed by atoms with Crippen molar-refractivity contribution in [1.82, 2.24) is 5.32 Å². The van der Waals surface area contributed by atoms with E-state index in [1.807, 2.05) is 18.2 Å². The third-order valence-electron chi connectivity index (χ3n) is 3.49. The van der Waals surface area contributed by atoms with Crippen LogP contribution in [-0.2, 0) is 11.3 Å². The number of nitrogens with one attached hydrogen (secondary N) is 1. The minimum absolute atomic E-state index is 0.129. The summed E-state index contributed by atoms with van der Waals surface area (Å²) in [5, 5.41) is 11.7. The Morgan fingerprint density at radius 2 is 2.17 bits per heavy atom. The highest BCUT2D eigenvalue weighted by molar-refractivity contribution is 5.76. The number of nitriles is 1. The Kier molecular flexibility index (Phi) is 4.35. The molecule has 3 heteroatoms. The fourth-order valence-electron chi connectivity index (χ4n) is 2.50. The van der Waals surface area contributed by atoms with Crippen LogP contribution in [0.5, 0.6) is 0 Å². The molecule has 1 fully saturated rings. The lowest BCUT2D eigenvalue weighted by Crippen LogP contribution is -2.24. The van der Waals surface area contributed by atoms with Gasteiger partial charge in [-0.1, -0.05) is 25.0 Å². The summed E-state index contributed by atoms with van der Waals surface area (Å²) in [5.41, 5.74) is 1.62. The maximum Gasteiger partial charge on any atom is 0.220 e. The third-order valence-corrected chi connectivity index (χ3v) is 3.49. The second-order valence-corrected chi connectivity index (χ2v) is 4.94. The van der Waals surface area contributed by atoms with Crippen LogP contribution < -0.4 is 5.32 Å². The Balaban J connectivity index is 1.79. The molecule has 1 N–H and O–H groups in total. The first-order valence-corrected chi connectivity index (χ1v) is 6.53. The molecule has 0 unspecified atom stereocenters. The van der Waals surface area contributed by atoms with Gasteiger partial charge in [0.15, 0.2) is 0 Å². The quantitative estimate of drug-likeness (QED) is 0.882. The molecule has 1 aliphatic rings. The van der Waals surface area contributed by atoms with Crippen molar-refractivity contribution in [2.75, 3.05) is 0 Å². The monoisotopic (exact) mass is 242 g/mol. The van der Waals surface area contributed by atoms with Gasteiger partial charge in [0, 0.05) is 13.0 Å². The molecule has 0 heterocycles. The molecule has 2 rings (SSSR count). The summed E-state index contributed by atoms with van der Waals surface area (Å²) in [5.74, 6) is 0.708. The predicted octanol–water partition coefficient (Wildman–Crippen LogP) is 2.75. The number of rotatable bonds is 4. The van der Waals surface area contributed by atoms with Gasteiger partial charge in [-0.25, -0.2) is 0 Å². The van der Waals surface area contributed by atoms with Crippen LogP contribution in [0.15, 0.2) is 24.3 Å². The Bertz CT molecular complexity index is 456. The highest BCUT2D eigenvalue weighted by Crippen LogP contribution is 2.27. The lowest BCUT2D eigenvalue weighted by molar-refractivity contribution is -0.122. The van der Waals surface area contributed by atoms with E-state index in [1.165, 1.54) is 25.7 Å². The van der Waals surface area contributed by atoms with Crippen molar-refractivity contribution in [3.05, 3.63) is 35.4 Å². The first-order chi connectivity index (χ1) is 8.78. The number of hydrogen-bond donors (Lipinski definition) is 1. The van der Waals surface area contributed by atoms with E-state index in [4.69, 9.17) is 5.26 Å². The Labute approximate surface area is 108 Å². The zero-order chi connectivity index (χ0) is 12.8. The highest BCUT2D eigenvalue weighted by Gasteiger charge is 2.17. The standard InChI is InChI=1S/C15H18N2O/c16-10-13-6-3-7-14(8-13)11-17-15(18)9-12-4-1-2-5-12/h3,6-8,12H,1-2,4-5,9,11H2,(H,17,18). The van der Waals surface area contributed by atoms with E-state index in [0.29, 0.717) is 24.4 Å². The van der Waals surface area contributed by atoms with Gasteiger partial charge >= 0.3 is 0 Å². The summed E-state index contributed by atoms with van der Waals surface area (Å²) in [7, 11) is 0. The number of nitrogens with zero attached hydrogens (tertiary/aromatic N) is 1. The number of carbonyl (C=O) groups excluding carboxylic acids is 1. The average Bonchev–Trinajstić information content (AvgIpc) is 2.89. The van der Waals surface area contributed by atoms with Gasteiger partial charge in [-0.05, 0) is 36.5 Å². The van der Waals surface area contributed by atoms with Gasteiger partial charge in [0.1, 0.15) is 0 Å². The molecule has 1 aromatic carbocycles. The summed E-state index contributed by atoms with van der Waals surface area (Å²) in [4.78, 5) is 11.8. The van der Waals surface area contributed by atoms with E-state index in [9.17, 15) is 4.79 Å². The van der Waals surface area contributed by atoms with Crippen LogP contribution in [0.1, 0.15) is 43.2 Å². The van der Waals surface area contributed by atoms with E-state index in [1.54, 1.807) is 6.07 Å². The van der Waals surface area contributed by atoms with Gasteiger partial charge in [0.2, 0.25) is 5.91 Å². The number of benzene rings is 1. The summed E-state index contributed by atoms with van der Waals surface area (Å²) in [6, 6.07) is 9.46. The van der Waals surface area contributed by atoms with Crippen molar-refractivity contribution in [3.63, 3.8) is 0 Å². The zero-order valence-electron chi connectivity index (χ0n) is 10.5. The van der Waals surface area contributed by atoms with Crippen LogP contribution in [0.4, 0.5) is 0 Å². The van der Waals surface area contributed by atoms with Crippen molar-refractivity contribution >= 4 is 5.91 Å². The van der Waals surface area contributed by atoms with E-state index < -0.39 is 0 Å². The largest absolute Gasteiger partial charge is 0.352 e. The minimum Gasteiger partial charge on any atom is -0.352 e. The molecule has 0 spiro atoms. The molecule has 18 heavy (non-hydrogen) atoms. The number of hydrogen-bond acceptors (Lipinski definition) is 2. The summed E-state index contributed by atoms with van der Waals surface area (Å²) >= 11 is 0. The lowest BCUT2D eigenvalue weighted by atomic mass is 10.0. The smallest absolute Gasteiger partial charge is 0.220 e. The molecule has 1 aromatic rings. The van der Waals surface area contributed by atoms with Crippen molar-refractivity contribution < 1.29 is 4.79 Å². The van der Waals surface area contributed by atoms with Crippen LogP contribution in [0.3, 0.4) is 0 Å². The van der Waals surface area contributed by atoms with Crippen molar-refractivity contribution in [2.45, 2.75) is 38.6 Å². The summed E-state index contributed by atoms with van der Waals surface area (Å²) < 4.78 is 0. The number of carbonyl (C=O) groups is 1. The van der Waals surface area contributed by atoms with Crippen LogP contribution in [0, 0.1) is 17.2 Å². The molecule has 3 nitrogen and oxygen atoms in total. The van der Waals surface area contributed by atoms with Crippen molar-refractivity contribution in [2.24, 2.45) is 5.92 Å². The molecular formula is C15H18N2O. The average molecular weight is 242 g/mol. The van der Waals surface area contributed by atoms with Gasteiger partial charge in [0.05, 0.1) is 11.6 Å². The molecule has 94 valence electrons. The van der Waals surface area contributed by atoms with Crippen molar-refractivity contribution in [1.29, 1.82) is 5.26 Å².